The van der Waals surface area contributed by atoms with Crippen molar-refractivity contribution >= 4 is 17.6 Å². The van der Waals surface area contributed by atoms with Gasteiger partial charge >= 0.3 is 5.97 Å². The van der Waals surface area contributed by atoms with Crippen LogP contribution in [0.1, 0.15) is 13.3 Å². The van der Waals surface area contributed by atoms with Crippen LogP contribution in [0.2, 0.25) is 0 Å². The van der Waals surface area contributed by atoms with Crippen LogP contribution in [0.15, 0.2) is 12.4 Å². The monoisotopic (exact) mass is 266 g/mol. The van der Waals surface area contributed by atoms with Gasteiger partial charge in [0.05, 0.1) is 18.4 Å². The molecule has 1 amide bonds. The molecule has 1 saturated heterocycles. The molecule has 0 aromatic carbocycles. The van der Waals surface area contributed by atoms with Crippen molar-refractivity contribution in [2.24, 2.45) is 7.05 Å². The van der Waals surface area contributed by atoms with Gasteiger partial charge < -0.3 is 10.0 Å². The molecule has 1 aromatic rings. The van der Waals surface area contributed by atoms with Gasteiger partial charge in [-0.3, -0.25) is 19.2 Å². The van der Waals surface area contributed by atoms with Crippen molar-refractivity contribution in [1.82, 2.24) is 14.7 Å². The highest BCUT2D eigenvalue weighted by Crippen LogP contribution is 2.18. The van der Waals surface area contributed by atoms with Crippen LogP contribution >= 0.6 is 0 Å². The molecule has 2 rings (SSSR count). The van der Waals surface area contributed by atoms with E-state index >= 15 is 0 Å². The Morgan fingerprint density at radius 2 is 2.26 bits per heavy atom. The Morgan fingerprint density at radius 1 is 1.53 bits per heavy atom. The van der Waals surface area contributed by atoms with Crippen molar-refractivity contribution in [3.63, 3.8) is 0 Å². The van der Waals surface area contributed by atoms with Gasteiger partial charge in [0.1, 0.15) is 6.04 Å². The van der Waals surface area contributed by atoms with Gasteiger partial charge in [-0.1, -0.05) is 6.92 Å². The van der Waals surface area contributed by atoms with Gasteiger partial charge in [-0.05, 0) is 6.42 Å². The Kier molecular flexibility index (Phi) is 3.84. The molecule has 1 aromatic heterocycles. The summed E-state index contributed by atoms with van der Waals surface area (Å²) in [7, 11) is 1.79. The van der Waals surface area contributed by atoms with Crippen LogP contribution in [0.3, 0.4) is 0 Å². The summed E-state index contributed by atoms with van der Waals surface area (Å²) in [5.74, 6) is -0.955. The summed E-state index contributed by atoms with van der Waals surface area (Å²) in [5, 5.41) is 13.2. The zero-order valence-electron chi connectivity index (χ0n) is 11.1. The molecule has 0 bridgehead atoms. The molecule has 7 nitrogen and oxygen atoms in total. The third kappa shape index (κ3) is 2.76. The first-order valence-electron chi connectivity index (χ1n) is 6.28. The molecule has 0 radical (unpaired) electrons. The quantitative estimate of drug-likeness (QED) is 0.825. The summed E-state index contributed by atoms with van der Waals surface area (Å²) in [4.78, 5) is 26.6. The minimum Gasteiger partial charge on any atom is -0.480 e. The number of carboxylic acids is 1. The molecular formula is C12H18N4O3. The zero-order chi connectivity index (χ0) is 14.0. The van der Waals surface area contributed by atoms with E-state index in [1.165, 1.54) is 0 Å². The number of amides is 1. The fourth-order valence-corrected chi connectivity index (χ4v) is 2.37. The SMILES string of the molecule is CC[C@@H](C(=O)O)N1CCN(c2cnn(C)c2)C(=O)C1. The predicted octanol–water partition coefficient (Wildman–Crippen LogP) is -0.0681. The Morgan fingerprint density at radius 3 is 2.74 bits per heavy atom. The first-order chi connectivity index (χ1) is 9.02. The highest BCUT2D eigenvalue weighted by molar-refractivity contribution is 5.95. The fourth-order valence-electron chi connectivity index (χ4n) is 2.37. The Hall–Kier alpha value is -1.89. The van der Waals surface area contributed by atoms with Crippen LogP contribution in [0.4, 0.5) is 5.69 Å². The topological polar surface area (TPSA) is 78.7 Å². The number of rotatable bonds is 4. The molecule has 7 heteroatoms. The lowest BCUT2D eigenvalue weighted by molar-refractivity contribution is -0.144. The van der Waals surface area contributed by atoms with E-state index in [1.54, 1.807) is 33.9 Å². The zero-order valence-corrected chi connectivity index (χ0v) is 11.1. The summed E-state index contributed by atoms with van der Waals surface area (Å²) in [6, 6.07) is -0.583. The van der Waals surface area contributed by atoms with Gasteiger partial charge in [-0.25, -0.2) is 0 Å². The average Bonchev–Trinajstić information content (AvgIpc) is 2.76. The molecule has 1 N–H and O–H groups in total. The summed E-state index contributed by atoms with van der Waals surface area (Å²) in [6.45, 7) is 3.01. The van der Waals surface area contributed by atoms with E-state index in [2.05, 4.69) is 5.10 Å². The lowest BCUT2D eigenvalue weighted by Gasteiger charge is -2.36. The van der Waals surface area contributed by atoms with E-state index in [4.69, 9.17) is 5.11 Å². The molecule has 2 heterocycles. The molecule has 0 spiro atoms. The number of anilines is 1. The number of nitrogens with zero attached hydrogens (tertiary/aromatic N) is 4. The maximum atomic E-state index is 12.1. The Bertz CT molecular complexity index is 485. The Balaban J connectivity index is 2.06. The van der Waals surface area contributed by atoms with Crippen molar-refractivity contribution in [1.29, 1.82) is 0 Å². The molecule has 1 aliphatic rings. The van der Waals surface area contributed by atoms with E-state index in [-0.39, 0.29) is 12.5 Å². The lowest BCUT2D eigenvalue weighted by atomic mass is 10.1. The van der Waals surface area contributed by atoms with Gasteiger partial charge in [0.2, 0.25) is 5.91 Å². The van der Waals surface area contributed by atoms with Crippen molar-refractivity contribution in [2.75, 3.05) is 24.5 Å². The van der Waals surface area contributed by atoms with Crippen LogP contribution in [0.5, 0.6) is 0 Å². The Labute approximate surface area is 111 Å². The number of hydrogen-bond acceptors (Lipinski definition) is 4. The maximum Gasteiger partial charge on any atom is 0.320 e. The predicted molar refractivity (Wildman–Crippen MR) is 68.8 cm³/mol. The van der Waals surface area contributed by atoms with Crippen molar-refractivity contribution in [3.8, 4) is 0 Å². The van der Waals surface area contributed by atoms with Crippen LogP contribution in [0.25, 0.3) is 0 Å². The number of aromatic nitrogens is 2. The van der Waals surface area contributed by atoms with Gasteiger partial charge in [0, 0.05) is 26.3 Å². The van der Waals surface area contributed by atoms with E-state index in [0.29, 0.717) is 19.5 Å². The molecular weight excluding hydrogens is 248 g/mol. The van der Waals surface area contributed by atoms with E-state index < -0.39 is 12.0 Å². The summed E-state index contributed by atoms with van der Waals surface area (Å²) in [5.41, 5.74) is 0.760. The van der Waals surface area contributed by atoms with Crippen LogP contribution < -0.4 is 4.90 Å². The van der Waals surface area contributed by atoms with Crippen molar-refractivity contribution in [3.05, 3.63) is 12.4 Å². The van der Waals surface area contributed by atoms with E-state index in [1.807, 2.05) is 6.92 Å². The second-order valence-corrected chi connectivity index (χ2v) is 4.65. The summed E-state index contributed by atoms with van der Waals surface area (Å²) < 4.78 is 1.64. The first kappa shape index (κ1) is 13.5. The van der Waals surface area contributed by atoms with E-state index in [0.717, 1.165) is 5.69 Å². The normalized spacial score (nSPS) is 18.6. The summed E-state index contributed by atoms with van der Waals surface area (Å²) in [6.07, 6.45) is 3.92. The third-order valence-corrected chi connectivity index (χ3v) is 3.37. The number of piperazine rings is 1. The smallest absolute Gasteiger partial charge is 0.320 e. The minimum atomic E-state index is -0.870. The van der Waals surface area contributed by atoms with Gasteiger partial charge in [0.25, 0.3) is 0 Å². The molecule has 0 unspecified atom stereocenters. The number of carbonyl (C=O) groups excluding carboxylic acids is 1. The standard InChI is InChI=1S/C12H18N4O3/c1-3-10(12(18)19)15-4-5-16(11(17)8-15)9-6-13-14(2)7-9/h6-7,10H,3-5,8H2,1-2H3,(H,18,19)/t10-/m0/s1. The van der Waals surface area contributed by atoms with Crippen molar-refractivity contribution < 1.29 is 14.7 Å². The second-order valence-electron chi connectivity index (χ2n) is 4.65. The highest BCUT2D eigenvalue weighted by atomic mass is 16.4. The highest BCUT2D eigenvalue weighted by Gasteiger charge is 2.32. The largest absolute Gasteiger partial charge is 0.480 e. The van der Waals surface area contributed by atoms with Gasteiger partial charge in [0.15, 0.2) is 0 Å². The van der Waals surface area contributed by atoms with Crippen LogP contribution in [-0.4, -0.2) is 57.3 Å². The number of aliphatic carboxylic acids is 1. The molecule has 1 fully saturated rings. The molecule has 0 saturated carbocycles. The fraction of sp³-hybridized carbons (Fsp3) is 0.583. The molecule has 1 atom stereocenters. The van der Waals surface area contributed by atoms with Crippen molar-refractivity contribution in [2.45, 2.75) is 19.4 Å². The number of carboxylic acid groups (broad SMARTS) is 1. The number of aryl methyl sites for hydroxylation is 1. The number of carbonyl (C=O) groups is 2. The minimum absolute atomic E-state index is 0.0843. The molecule has 19 heavy (non-hydrogen) atoms. The van der Waals surface area contributed by atoms with Gasteiger partial charge in [-0.15, -0.1) is 0 Å². The van der Waals surface area contributed by atoms with Crippen LogP contribution in [-0.2, 0) is 16.6 Å². The average molecular weight is 266 g/mol. The third-order valence-electron chi connectivity index (χ3n) is 3.37. The molecule has 104 valence electrons. The van der Waals surface area contributed by atoms with Crippen LogP contribution in [0, 0.1) is 0 Å². The first-order valence-corrected chi connectivity index (χ1v) is 6.28. The van der Waals surface area contributed by atoms with E-state index in [9.17, 15) is 9.59 Å². The molecule has 0 aliphatic carbocycles. The van der Waals surface area contributed by atoms with Gasteiger partial charge in [-0.2, -0.15) is 5.10 Å². The summed E-state index contributed by atoms with van der Waals surface area (Å²) >= 11 is 0. The molecule has 1 aliphatic heterocycles. The lowest BCUT2D eigenvalue weighted by Crippen LogP contribution is -2.55. The maximum absolute atomic E-state index is 12.1. The second kappa shape index (κ2) is 5.40. The number of hydrogen-bond donors (Lipinski definition) is 1.